The number of aliphatic hydroxyl groups excluding tert-OH is 1. The SMILES string of the molecule is C[C@@H](O)[C@@H]1NC(=O)[C@@H](NC(=O)CCN)NC(=O)[C@@H](Cc2c[nH]c3ccccc23)NC(=O)[C@H](Cc2ccccc2)NC(=O)[C@H](Cc2ccccc2)NC(=O)[C@@H](N)CSSC[C@@H](C(=O)O)NC(=O)[C@H](Cc2ccccc2)NC1=O. The molecular formula is C53H63N11O11S2. The number of carbonyl (C=O) groups is 9. The maximum Gasteiger partial charge on any atom is 0.327 e. The van der Waals surface area contributed by atoms with Crippen LogP contribution in [0.2, 0.25) is 0 Å². The van der Waals surface area contributed by atoms with Gasteiger partial charge >= 0.3 is 5.97 Å². The molecule has 1 fully saturated rings. The van der Waals surface area contributed by atoms with Crippen molar-refractivity contribution in [3.63, 3.8) is 0 Å². The Hall–Kier alpha value is -7.77. The molecule has 77 heavy (non-hydrogen) atoms. The molecule has 0 bridgehead atoms. The summed E-state index contributed by atoms with van der Waals surface area (Å²) < 4.78 is 0. The number of H-pyrrole nitrogens is 1. The highest BCUT2D eigenvalue weighted by molar-refractivity contribution is 8.76. The third kappa shape index (κ3) is 17.6. The van der Waals surface area contributed by atoms with Gasteiger partial charge in [0, 0.05) is 67.3 Å². The largest absolute Gasteiger partial charge is 0.480 e. The van der Waals surface area contributed by atoms with E-state index < -0.39 is 108 Å². The Bertz CT molecular complexity index is 2850. The molecule has 6 rings (SSSR count). The van der Waals surface area contributed by atoms with Crippen molar-refractivity contribution in [3.05, 3.63) is 144 Å². The number of hydrogen-bond donors (Lipinski definition) is 13. The maximum absolute atomic E-state index is 14.8. The van der Waals surface area contributed by atoms with Gasteiger partial charge in [-0.05, 0) is 35.2 Å². The molecule has 408 valence electrons. The lowest BCUT2D eigenvalue weighted by atomic mass is 10.0. The van der Waals surface area contributed by atoms with E-state index in [4.69, 9.17) is 11.5 Å². The van der Waals surface area contributed by atoms with Crippen LogP contribution in [0.4, 0.5) is 0 Å². The molecule has 0 spiro atoms. The lowest BCUT2D eigenvalue weighted by Crippen LogP contribution is -2.65. The summed E-state index contributed by atoms with van der Waals surface area (Å²) in [6.07, 6.45) is -2.89. The van der Waals surface area contributed by atoms with E-state index in [0.717, 1.165) is 21.6 Å². The second-order valence-electron chi connectivity index (χ2n) is 18.2. The Kier molecular flexibility index (Phi) is 22.0. The molecule has 24 heteroatoms. The van der Waals surface area contributed by atoms with E-state index in [-0.39, 0.29) is 50.2 Å². The van der Waals surface area contributed by atoms with Crippen LogP contribution >= 0.6 is 21.6 Å². The zero-order chi connectivity index (χ0) is 55.4. The van der Waals surface area contributed by atoms with Crippen molar-refractivity contribution in [1.29, 1.82) is 0 Å². The van der Waals surface area contributed by atoms with E-state index >= 15 is 0 Å². The van der Waals surface area contributed by atoms with E-state index in [1.54, 1.807) is 121 Å². The van der Waals surface area contributed by atoms with E-state index in [0.29, 0.717) is 33.2 Å². The third-order valence-corrected chi connectivity index (χ3v) is 14.7. The van der Waals surface area contributed by atoms with Crippen molar-refractivity contribution in [2.45, 2.75) is 93.6 Å². The molecule has 9 atom stereocenters. The number of carboxylic acid groups (broad SMARTS) is 1. The smallest absolute Gasteiger partial charge is 0.327 e. The number of nitrogens with one attached hydrogen (secondary N) is 9. The quantitative estimate of drug-likeness (QED) is 0.0658. The van der Waals surface area contributed by atoms with Gasteiger partial charge in [-0.15, -0.1) is 0 Å². The van der Waals surface area contributed by atoms with Gasteiger partial charge in [-0.25, -0.2) is 4.79 Å². The van der Waals surface area contributed by atoms with Gasteiger partial charge in [0.05, 0.1) is 12.1 Å². The van der Waals surface area contributed by atoms with Crippen LogP contribution in [0.15, 0.2) is 121 Å². The minimum Gasteiger partial charge on any atom is -0.480 e. The highest BCUT2D eigenvalue weighted by Gasteiger charge is 2.37. The number of aromatic amines is 1. The van der Waals surface area contributed by atoms with Gasteiger partial charge in [0.2, 0.25) is 41.4 Å². The normalized spacial score (nSPS) is 23.4. The fourth-order valence-corrected chi connectivity index (χ4v) is 10.4. The Morgan fingerprint density at radius 2 is 1.04 bits per heavy atom. The number of carboxylic acids is 1. The Balaban J connectivity index is 1.41. The first kappa shape index (κ1) is 58.5. The molecule has 1 aliphatic heterocycles. The monoisotopic (exact) mass is 1090 g/mol. The van der Waals surface area contributed by atoms with E-state index in [1.165, 1.54) is 6.92 Å². The molecule has 15 N–H and O–H groups in total. The van der Waals surface area contributed by atoms with Crippen LogP contribution in [0, 0.1) is 0 Å². The third-order valence-electron chi connectivity index (χ3n) is 12.3. The van der Waals surface area contributed by atoms with Gasteiger partial charge in [-0.1, -0.05) is 131 Å². The zero-order valence-corrected chi connectivity index (χ0v) is 43.6. The molecule has 8 amide bonds. The first-order valence-electron chi connectivity index (χ1n) is 24.7. The standard InChI is InChI=1S/C53H63N11O11S2/c1-30(65)44-51(72)60-40(25-33-17-9-4-10-18-33)49(70)61-42(53(74)75)29-77-76-28-36(55)46(67)57-38(23-31-13-5-2-6-14-31)47(68)58-39(24-32-15-7-3-8-16-32)48(69)59-41(26-34-27-56-37-20-12-11-19-35(34)37)50(71)64-45(52(73)63-44)62-43(66)21-22-54/h2-20,27,30,36,38-42,44-45,56,65H,21-26,28-29,54-55H2,1H3,(H,57,67)(H,58,68)(H,59,69)(H,60,72)(H,61,70)(H,62,66)(H,63,73)(H,64,71)(H,74,75)/t30-,36+,38+,39+,40+,41-,42+,44+,45+/m1/s1. The number of rotatable bonds is 13. The molecule has 22 nitrogen and oxygen atoms in total. The summed E-state index contributed by atoms with van der Waals surface area (Å²) in [6.45, 7) is 0.997. The summed E-state index contributed by atoms with van der Waals surface area (Å²) in [7, 11) is 2.02. The molecule has 0 unspecified atom stereocenters. The summed E-state index contributed by atoms with van der Waals surface area (Å²) in [4.78, 5) is 129. The number of benzene rings is 4. The Labute approximate surface area is 451 Å². The second kappa shape index (κ2) is 28.9. The molecule has 4 aromatic carbocycles. The fraction of sp³-hybridized carbons (Fsp3) is 0.340. The number of aliphatic carboxylic acids is 1. The minimum absolute atomic E-state index is 0.0424. The van der Waals surface area contributed by atoms with Gasteiger partial charge < -0.3 is 69.2 Å². The molecule has 1 aliphatic rings. The van der Waals surface area contributed by atoms with Crippen molar-refractivity contribution in [2.75, 3.05) is 18.1 Å². The molecule has 1 aromatic heterocycles. The van der Waals surface area contributed by atoms with Crippen LogP contribution in [-0.2, 0) is 68.8 Å². The van der Waals surface area contributed by atoms with E-state index in [9.17, 15) is 53.4 Å². The van der Waals surface area contributed by atoms with Crippen molar-refractivity contribution in [1.82, 2.24) is 47.5 Å². The highest BCUT2D eigenvalue weighted by Crippen LogP contribution is 2.24. The molecule has 5 aromatic rings. The number of nitrogens with two attached hydrogens (primary N) is 2. The Morgan fingerprint density at radius 1 is 0.584 bits per heavy atom. The maximum atomic E-state index is 14.8. The van der Waals surface area contributed by atoms with Crippen molar-refractivity contribution in [2.24, 2.45) is 11.5 Å². The van der Waals surface area contributed by atoms with Crippen LogP contribution in [-0.4, -0.2) is 141 Å². The average molecular weight is 1090 g/mol. The molecule has 0 aliphatic carbocycles. The van der Waals surface area contributed by atoms with Crippen LogP contribution in [0.25, 0.3) is 10.9 Å². The summed E-state index contributed by atoms with van der Waals surface area (Å²) in [6, 6.07) is 22.6. The van der Waals surface area contributed by atoms with Gasteiger partial charge in [-0.3, -0.25) is 38.4 Å². The summed E-state index contributed by atoms with van der Waals surface area (Å²) in [5.41, 5.74) is 15.1. The molecule has 0 radical (unpaired) electrons. The molecular weight excluding hydrogens is 1030 g/mol. The van der Waals surface area contributed by atoms with Crippen LogP contribution in [0.5, 0.6) is 0 Å². The number of fused-ring (bicyclic) bond motifs is 1. The first-order valence-corrected chi connectivity index (χ1v) is 27.2. The second-order valence-corrected chi connectivity index (χ2v) is 20.8. The summed E-state index contributed by atoms with van der Waals surface area (Å²) >= 11 is 0. The topological polar surface area (TPSA) is 358 Å². The zero-order valence-electron chi connectivity index (χ0n) is 41.9. The van der Waals surface area contributed by atoms with Gasteiger partial charge in [0.15, 0.2) is 6.17 Å². The van der Waals surface area contributed by atoms with Gasteiger partial charge in [-0.2, -0.15) is 0 Å². The predicted octanol–water partition coefficient (Wildman–Crippen LogP) is -0.558. The number of aromatic nitrogens is 1. The average Bonchev–Trinajstić information content (AvgIpc) is 3.83. The number of carbonyl (C=O) groups excluding carboxylic acids is 8. The molecule has 2 heterocycles. The van der Waals surface area contributed by atoms with Crippen molar-refractivity contribution >= 4 is 85.7 Å². The first-order chi connectivity index (χ1) is 37.0. The highest BCUT2D eigenvalue weighted by atomic mass is 33.1. The number of aliphatic hydroxyl groups is 1. The number of amides is 8. The summed E-state index contributed by atoms with van der Waals surface area (Å²) in [5, 5.41) is 42.3. The fourth-order valence-electron chi connectivity index (χ4n) is 8.17. The van der Waals surface area contributed by atoms with Gasteiger partial charge in [0.25, 0.3) is 5.91 Å². The van der Waals surface area contributed by atoms with E-state index in [2.05, 4.69) is 47.5 Å². The summed E-state index contributed by atoms with van der Waals surface area (Å²) in [5.74, 6) is -9.22. The molecule has 0 saturated carbocycles. The van der Waals surface area contributed by atoms with Crippen LogP contribution in [0.3, 0.4) is 0 Å². The lowest BCUT2D eigenvalue weighted by molar-refractivity contribution is -0.141. The van der Waals surface area contributed by atoms with Crippen molar-refractivity contribution in [3.8, 4) is 0 Å². The number of hydrogen-bond acceptors (Lipinski definition) is 14. The number of para-hydroxylation sites is 1. The minimum atomic E-state index is -1.99. The molecule has 1 saturated heterocycles. The lowest BCUT2D eigenvalue weighted by Gasteiger charge is -2.29. The van der Waals surface area contributed by atoms with Crippen LogP contribution in [0.1, 0.15) is 35.6 Å². The van der Waals surface area contributed by atoms with Crippen molar-refractivity contribution < 1.29 is 53.4 Å². The predicted molar refractivity (Wildman–Crippen MR) is 290 cm³/mol. The van der Waals surface area contributed by atoms with Crippen LogP contribution < -0.4 is 54.0 Å². The Morgan fingerprint density at radius 3 is 1.56 bits per heavy atom. The van der Waals surface area contributed by atoms with E-state index in [1.807, 2.05) is 0 Å². The van der Waals surface area contributed by atoms with Gasteiger partial charge in [0.1, 0.15) is 36.3 Å².